The second kappa shape index (κ2) is 7.76. The highest BCUT2D eigenvalue weighted by atomic mass is 35.5. The largest absolute Gasteiger partial charge is 0.497 e. The van der Waals surface area contributed by atoms with Gasteiger partial charge < -0.3 is 4.74 Å². The third-order valence-electron chi connectivity index (χ3n) is 5.45. The molecule has 0 bridgehead atoms. The first kappa shape index (κ1) is 20.4. The van der Waals surface area contributed by atoms with Crippen molar-refractivity contribution >= 4 is 23.5 Å². The second-order valence-electron chi connectivity index (χ2n) is 8.49. The van der Waals surface area contributed by atoms with Crippen LogP contribution >= 0.6 is 11.6 Å². The van der Waals surface area contributed by atoms with Gasteiger partial charge in [-0.1, -0.05) is 62.7 Å². The molecule has 0 spiro atoms. The lowest BCUT2D eigenvalue weighted by Crippen LogP contribution is -2.47. The van der Waals surface area contributed by atoms with Crippen molar-refractivity contribution in [2.75, 3.05) is 12.0 Å². The fraction of sp³-hybridized carbons (Fsp3) is 0.348. The van der Waals surface area contributed by atoms with Crippen molar-refractivity contribution in [3.63, 3.8) is 0 Å². The van der Waals surface area contributed by atoms with E-state index in [9.17, 15) is 4.79 Å². The standard InChI is InChI=1S/C23H25ClN4O2/c1-23(2,3)21(29)27-19(15-9-11-16(30-4)12-10-15)13-20(28-22(27)25-14-26-28)17-7-5-6-8-18(17)24/h5-12,14,19-20H,13H2,1-4H3/t19-,20+/m0/s1. The predicted molar refractivity (Wildman–Crippen MR) is 117 cm³/mol. The summed E-state index contributed by atoms with van der Waals surface area (Å²) in [5, 5.41) is 5.13. The summed E-state index contributed by atoms with van der Waals surface area (Å²) in [6.07, 6.45) is 2.13. The summed E-state index contributed by atoms with van der Waals surface area (Å²) in [4.78, 5) is 19.7. The van der Waals surface area contributed by atoms with Crippen LogP contribution in [-0.4, -0.2) is 27.8 Å². The number of hydrogen-bond acceptors (Lipinski definition) is 4. The van der Waals surface area contributed by atoms with Crippen molar-refractivity contribution in [3.8, 4) is 5.75 Å². The van der Waals surface area contributed by atoms with Crippen LogP contribution in [0.4, 0.5) is 5.95 Å². The van der Waals surface area contributed by atoms with E-state index >= 15 is 0 Å². The second-order valence-corrected chi connectivity index (χ2v) is 8.90. The van der Waals surface area contributed by atoms with Gasteiger partial charge in [0.2, 0.25) is 11.9 Å². The van der Waals surface area contributed by atoms with Gasteiger partial charge in [-0.2, -0.15) is 10.1 Å². The van der Waals surface area contributed by atoms with E-state index in [0.717, 1.165) is 16.9 Å². The summed E-state index contributed by atoms with van der Waals surface area (Å²) >= 11 is 6.54. The van der Waals surface area contributed by atoms with Gasteiger partial charge in [0, 0.05) is 10.4 Å². The van der Waals surface area contributed by atoms with Crippen molar-refractivity contribution in [1.82, 2.24) is 14.8 Å². The van der Waals surface area contributed by atoms with Crippen LogP contribution in [0.3, 0.4) is 0 Å². The molecule has 1 amide bonds. The van der Waals surface area contributed by atoms with Gasteiger partial charge in [-0.25, -0.2) is 4.68 Å². The molecule has 2 heterocycles. The summed E-state index contributed by atoms with van der Waals surface area (Å²) in [5.74, 6) is 1.30. The Morgan fingerprint density at radius 2 is 1.80 bits per heavy atom. The molecule has 0 N–H and O–H groups in total. The summed E-state index contributed by atoms with van der Waals surface area (Å²) in [6.45, 7) is 5.75. The third kappa shape index (κ3) is 3.56. The first-order valence-corrected chi connectivity index (χ1v) is 10.3. The molecule has 0 unspecified atom stereocenters. The normalized spacial score (nSPS) is 18.8. The van der Waals surface area contributed by atoms with Gasteiger partial charge in [0.15, 0.2) is 0 Å². The summed E-state index contributed by atoms with van der Waals surface area (Å²) in [6, 6.07) is 15.3. The summed E-state index contributed by atoms with van der Waals surface area (Å²) in [7, 11) is 1.64. The first-order chi connectivity index (χ1) is 14.3. The van der Waals surface area contributed by atoms with E-state index in [1.807, 2.05) is 74.0 Å². The molecule has 2 atom stereocenters. The molecule has 0 aliphatic carbocycles. The first-order valence-electron chi connectivity index (χ1n) is 9.93. The minimum Gasteiger partial charge on any atom is -0.497 e. The number of fused-ring (bicyclic) bond motifs is 1. The number of nitrogens with zero attached hydrogens (tertiary/aromatic N) is 4. The Hall–Kier alpha value is -2.86. The van der Waals surface area contributed by atoms with Gasteiger partial charge in [0.05, 0.1) is 19.2 Å². The van der Waals surface area contributed by atoms with Crippen LogP contribution < -0.4 is 9.64 Å². The van der Waals surface area contributed by atoms with E-state index < -0.39 is 5.41 Å². The number of carbonyl (C=O) groups excluding carboxylic acids is 1. The average Bonchev–Trinajstić information content (AvgIpc) is 3.22. The zero-order valence-corrected chi connectivity index (χ0v) is 18.3. The van der Waals surface area contributed by atoms with Gasteiger partial charge in [-0.05, 0) is 35.7 Å². The van der Waals surface area contributed by atoms with E-state index in [1.165, 1.54) is 6.33 Å². The number of carbonyl (C=O) groups is 1. The Bertz CT molecular complexity index is 1060. The van der Waals surface area contributed by atoms with Gasteiger partial charge >= 0.3 is 0 Å². The molecule has 7 heteroatoms. The smallest absolute Gasteiger partial charge is 0.235 e. The minimum atomic E-state index is -0.571. The summed E-state index contributed by atoms with van der Waals surface area (Å²) in [5.41, 5.74) is 1.41. The van der Waals surface area contributed by atoms with E-state index in [1.54, 1.807) is 12.0 Å². The minimum absolute atomic E-state index is 0.00447. The molecule has 0 saturated carbocycles. The molecule has 4 rings (SSSR count). The molecule has 6 nitrogen and oxygen atoms in total. The number of benzene rings is 2. The van der Waals surface area contributed by atoms with Crippen LogP contribution in [0.2, 0.25) is 5.02 Å². The Morgan fingerprint density at radius 1 is 1.10 bits per heavy atom. The van der Waals surface area contributed by atoms with Crippen LogP contribution in [0.15, 0.2) is 54.9 Å². The van der Waals surface area contributed by atoms with E-state index in [-0.39, 0.29) is 18.0 Å². The van der Waals surface area contributed by atoms with Crippen LogP contribution in [0.25, 0.3) is 0 Å². The number of halogens is 1. The van der Waals surface area contributed by atoms with Gasteiger partial charge in [-0.3, -0.25) is 9.69 Å². The Kier molecular flexibility index (Phi) is 5.28. The molecule has 1 aromatic heterocycles. The monoisotopic (exact) mass is 424 g/mol. The number of anilines is 1. The lowest BCUT2D eigenvalue weighted by atomic mass is 9.88. The Morgan fingerprint density at radius 3 is 2.43 bits per heavy atom. The summed E-state index contributed by atoms with van der Waals surface area (Å²) < 4.78 is 7.12. The lowest BCUT2D eigenvalue weighted by molar-refractivity contribution is -0.126. The molecule has 2 aromatic carbocycles. The van der Waals surface area contributed by atoms with Crippen LogP contribution in [0.1, 0.15) is 50.4 Å². The maximum atomic E-state index is 13.5. The van der Waals surface area contributed by atoms with Gasteiger partial charge in [0.1, 0.15) is 12.1 Å². The van der Waals surface area contributed by atoms with Crippen LogP contribution in [0, 0.1) is 5.41 Å². The SMILES string of the molecule is COc1ccc([C@@H]2C[C@H](c3ccccc3Cl)n3ncnc3N2C(=O)C(C)(C)C)cc1. The fourth-order valence-corrected chi connectivity index (χ4v) is 4.16. The molecule has 156 valence electrons. The van der Waals surface area contributed by atoms with E-state index in [0.29, 0.717) is 17.4 Å². The molecule has 1 aliphatic rings. The van der Waals surface area contributed by atoms with Crippen molar-refractivity contribution < 1.29 is 9.53 Å². The quantitative estimate of drug-likeness (QED) is 0.590. The zero-order chi connectivity index (χ0) is 21.5. The fourth-order valence-electron chi connectivity index (χ4n) is 3.90. The topological polar surface area (TPSA) is 60.2 Å². The highest BCUT2D eigenvalue weighted by Gasteiger charge is 2.42. The molecule has 3 aromatic rings. The number of rotatable bonds is 3. The van der Waals surface area contributed by atoms with Crippen molar-refractivity contribution in [2.24, 2.45) is 5.41 Å². The van der Waals surface area contributed by atoms with E-state index in [2.05, 4.69) is 10.1 Å². The van der Waals surface area contributed by atoms with Crippen molar-refractivity contribution in [3.05, 3.63) is 71.0 Å². The number of ether oxygens (including phenoxy) is 1. The number of hydrogen-bond donors (Lipinski definition) is 0. The maximum absolute atomic E-state index is 13.5. The molecule has 0 saturated heterocycles. The number of aromatic nitrogens is 3. The predicted octanol–water partition coefficient (Wildman–Crippen LogP) is 5.05. The Labute approximate surface area is 181 Å². The molecule has 0 radical (unpaired) electrons. The van der Waals surface area contributed by atoms with Crippen LogP contribution in [-0.2, 0) is 4.79 Å². The van der Waals surface area contributed by atoms with Gasteiger partial charge in [-0.15, -0.1) is 0 Å². The number of amides is 1. The number of methoxy groups -OCH3 is 1. The maximum Gasteiger partial charge on any atom is 0.235 e. The highest BCUT2D eigenvalue weighted by molar-refractivity contribution is 6.31. The molecule has 30 heavy (non-hydrogen) atoms. The Balaban J connectivity index is 1.87. The molecular formula is C23H25ClN4O2. The molecule has 1 aliphatic heterocycles. The highest BCUT2D eigenvalue weighted by Crippen LogP contribution is 2.44. The van der Waals surface area contributed by atoms with Crippen molar-refractivity contribution in [2.45, 2.75) is 39.3 Å². The van der Waals surface area contributed by atoms with Crippen molar-refractivity contribution in [1.29, 1.82) is 0 Å². The lowest BCUT2D eigenvalue weighted by Gasteiger charge is -2.41. The van der Waals surface area contributed by atoms with Crippen LogP contribution in [0.5, 0.6) is 5.75 Å². The van der Waals surface area contributed by atoms with E-state index in [4.69, 9.17) is 16.3 Å². The van der Waals surface area contributed by atoms with Gasteiger partial charge in [0.25, 0.3) is 0 Å². The zero-order valence-electron chi connectivity index (χ0n) is 17.5. The average molecular weight is 425 g/mol. The molecular weight excluding hydrogens is 400 g/mol. The molecule has 0 fully saturated rings. The third-order valence-corrected chi connectivity index (χ3v) is 5.79.